The van der Waals surface area contributed by atoms with Crippen LogP contribution in [-0.2, 0) is 14.8 Å². The van der Waals surface area contributed by atoms with E-state index in [1.165, 1.54) is 5.38 Å². The molecule has 9 heteroatoms. The van der Waals surface area contributed by atoms with Crippen LogP contribution in [0.15, 0.2) is 10.3 Å². The first-order valence-corrected chi connectivity index (χ1v) is 8.21. The Morgan fingerprint density at radius 2 is 2.05 bits per heavy atom. The number of carboxylic acids is 1. The molecule has 0 atom stereocenters. The molecule has 0 aliphatic heterocycles. The van der Waals surface area contributed by atoms with E-state index in [0.717, 1.165) is 11.3 Å². The minimum absolute atomic E-state index is 0.129. The summed E-state index contributed by atoms with van der Waals surface area (Å²) in [5.41, 5.74) is 5.37. The van der Waals surface area contributed by atoms with Gasteiger partial charge >= 0.3 is 5.97 Å². The lowest BCUT2D eigenvalue weighted by molar-refractivity contribution is -0.118. The van der Waals surface area contributed by atoms with Gasteiger partial charge in [-0.2, -0.15) is 0 Å². The summed E-state index contributed by atoms with van der Waals surface area (Å²) in [6.07, 6.45) is 1.12. The summed E-state index contributed by atoms with van der Waals surface area (Å²) < 4.78 is 26.5. The maximum Gasteiger partial charge on any atom is 0.347 e. The van der Waals surface area contributed by atoms with E-state index in [9.17, 15) is 18.0 Å². The first kappa shape index (κ1) is 16.6. The van der Waals surface area contributed by atoms with Crippen LogP contribution in [0.5, 0.6) is 0 Å². The van der Waals surface area contributed by atoms with Gasteiger partial charge < -0.3 is 10.8 Å². The number of hydrogen-bond acceptors (Lipinski definition) is 5. The maximum atomic E-state index is 12.1. The Balaban J connectivity index is 2.72. The van der Waals surface area contributed by atoms with E-state index in [4.69, 9.17) is 10.8 Å². The van der Waals surface area contributed by atoms with Crippen molar-refractivity contribution in [2.75, 3.05) is 6.54 Å². The summed E-state index contributed by atoms with van der Waals surface area (Å²) in [5, 5.41) is 10.5. The lowest BCUT2D eigenvalue weighted by Crippen LogP contribution is -2.26. The monoisotopic (exact) mass is 320 g/mol. The summed E-state index contributed by atoms with van der Waals surface area (Å²) in [6.45, 7) is 1.68. The number of hydrogen-bond donors (Lipinski definition) is 3. The largest absolute Gasteiger partial charge is 0.477 e. The number of carbonyl (C=O) groups excluding carboxylic acids is 1. The van der Waals surface area contributed by atoms with Crippen LogP contribution in [0.3, 0.4) is 0 Å². The first-order valence-electron chi connectivity index (χ1n) is 5.85. The van der Waals surface area contributed by atoms with Crippen LogP contribution in [0, 0.1) is 6.92 Å². The van der Waals surface area contributed by atoms with Gasteiger partial charge in [0.2, 0.25) is 15.9 Å². The molecule has 0 aliphatic carbocycles. The fraction of sp³-hybridized carbons (Fsp3) is 0.455. The van der Waals surface area contributed by atoms with Crippen molar-refractivity contribution in [3.05, 3.63) is 15.8 Å². The maximum absolute atomic E-state index is 12.1. The third-order valence-electron chi connectivity index (χ3n) is 2.52. The number of sulfonamides is 1. The van der Waals surface area contributed by atoms with Crippen LogP contribution in [0.4, 0.5) is 0 Å². The SMILES string of the molecule is Cc1csc(C(=O)O)c1S(=O)(=O)NCCCCC(N)=O. The second-order valence-corrected chi connectivity index (χ2v) is 6.79. The minimum Gasteiger partial charge on any atom is -0.477 e. The normalized spacial score (nSPS) is 11.4. The molecule has 20 heavy (non-hydrogen) atoms. The summed E-state index contributed by atoms with van der Waals surface area (Å²) in [4.78, 5) is 21.1. The van der Waals surface area contributed by atoms with Gasteiger partial charge in [0, 0.05) is 13.0 Å². The molecule has 0 aromatic carbocycles. The molecule has 0 radical (unpaired) electrons. The van der Waals surface area contributed by atoms with Crippen LogP contribution < -0.4 is 10.5 Å². The number of nitrogens with one attached hydrogen (secondary N) is 1. The second-order valence-electron chi connectivity index (χ2n) is 4.20. The minimum atomic E-state index is -3.86. The molecule has 0 saturated carbocycles. The van der Waals surface area contributed by atoms with Crippen molar-refractivity contribution in [2.24, 2.45) is 5.73 Å². The average Bonchev–Trinajstić information content (AvgIpc) is 2.71. The molecule has 1 heterocycles. The van der Waals surface area contributed by atoms with Crippen molar-refractivity contribution >= 4 is 33.2 Å². The number of unbranched alkanes of at least 4 members (excludes halogenated alkanes) is 1. The molecular formula is C11H16N2O5S2. The standard InChI is InChI=1S/C11H16N2O5S2/c1-7-6-19-9(11(15)16)10(7)20(17,18)13-5-3-2-4-8(12)14/h6,13H,2-5H2,1H3,(H2,12,14)(H,15,16). The third-order valence-corrected chi connectivity index (χ3v) is 5.39. The molecule has 1 rings (SSSR count). The fourth-order valence-corrected chi connectivity index (χ4v) is 4.32. The number of thiophene rings is 1. The van der Waals surface area contributed by atoms with Gasteiger partial charge in [-0.05, 0) is 30.7 Å². The van der Waals surface area contributed by atoms with Gasteiger partial charge in [-0.15, -0.1) is 11.3 Å². The van der Waals surface area contributed by atoms with Crippen molar-refractivity contribution in [3.8, 4) is 0 Å². The van der Waals surface area contributed by atoms with Gasteiger partial charge in [-0.3, -0.25) is 4.79 Å². The molecular weight excluding hydrogens is 304 g/mol. The molecule has 7 nitrogen and oxygen atoms in total. The highest BCUT2D eigenvalue weighted by Crippen LogP contribution is 2.26. The van der Waals surface area contributed by atoms with Crippen LogP contribution in [-0.4, -0.2) is 31.9 Å². The van der Waals surface area contributed by atoms with Crippen LogP contribution in [0.1, 0.15) is 34.5 Å². The molecule has 1 aromatic rings. The molecule has 0 bridgehead atoms. The first-order chi connectivity index (χ1) is 9.25. The van der Waals surface area contributed by atoms with E-state index in [1.807, 2.05) is 0 Å². The molecule has 0 saturated heterocycles. The smallest absolute Gasteiger partial charge is 0.347 e. The van der Waals surface area contributed by atoms with Gasteiger partial charge in [0.15, 0.2) is 0 Å². The number of aryl methyl sites for hydroxylation is 1. The average molecular weight is 320 g/mol. The molecule has 1 amide bonds. The number of amides is 1. The van der Waals surface area contributed by atoms with E-state index in [2.05, 4.69) is 4.72 Å². The van der Waals surface area contributed by atoms with E-state index < -0.39 is 21.9 Å². The molecule has 0 fully saturated rings. The molecule has 0 spiro atoms. The lowest BCUT2D eigenvalue weighted by atomic mass is 10.2. The van der Waals surface area contributed by atoms with Gasteiger partial charge in [-0.25, -0.2) is 17.9 Å². The number of aromatic carboxylic acids is 1. The van der Waals surface area contributed by atoms with Crippen LogP contribution in [0.2, 0.25) is 0 Å². The Morgan fingerprint density at radius 1 is 1.40 bits per heavy atom. The van der Waals surface area contributed by atoms with Crippen molar-refractivity contribution in [3.63, 3.8) is 0 Å². The Hall–Kier alpha value is -1.45. The Morgan fingerprint density at radius 3 is 2.60 bits per heavy atom. The predicted octanol–water partition coefficient (Wildman–Crippen LogP) is 0.689. The third kappa shape index (κ3) is 4.29. The zero-order valence-electron chi connectivity index (χ0n) is 10.9. The molecule has 4 N–H and O–H groups in total. The van der Waals surface area contributed by atoms with Gasteiger partial charge in [0.25, 0.3) is 0 Å². The quantitative estimate of drug-likeness (QED) is 0.607. The summed E-state index contributed by atoms with van der Waals surface area (Å²) in [6, 6.07) is 0. The van der Waals surface area contributed by atoms with Gasteiger partial charge in [-0.1, -0.05) is 0 Å². The molecule has 112 valence electrons. The molecule has 0 aliphatic rings. The highest BCUT2D eigenvalue weighted by Gasteiger charge is 2.26. The Bertz CT molecular complexity index is 606. The number of primary amides is 1. The van der Waals surface area contributed by atoms with E-state index in [1.54, 1.807) is 6.92 Å². The fourth-order valence-electron chi connectivity index (χ4n) is 1.62. The van der Waals surface area contributed by atoms with Gasteiger partial charge in [0.05, 0.1) is 0 Å². The van der Waals surface area contributed by atoms with Crippen LogP contribution in [0.25, 0.3) is 0 Å². The van der Waals surface area contributed by atoms with E-state index in [0.29, 0.717) is 18.4 Å². The second kappa shape index (κ2) is 6.82. The van der Waals surface area contributed by atoms with Crippen LogP contribution >= 0.6 is 11.3 Å². The summed E-state index contributed by atoms with van der Waals surface area (Å²) >= 11 is 0.879. The molecule has 0 unspecified atom stereocenters. The molecule has 1 aromatic heterocycles. The summed E-state index contributed by atoms with van der Waals surface area (Å²) in [5.74, 6) is -1.70. The predicted molar refractivity (Wildman–Crippen MR) is 74.2 cm³/mol. The number of carboxylic acid groups (broad SMARTS) is 1. The van der Waals surface area contributed by atoms with Crippen molar-refractivity contribution in [2.45, 2.75) is 31.1 Å². The zero-order valence-corrected chi connectivity index (χ0v) is 12.5. The lowest BCUT2D eigenvalue weighted by Gasteiger charge is -2.07. The highest BCUT2D eigenvalue weighted by atomic mass is 32.2. The number of carbonyl (C=O) groups is 2. The van der Waals surface area contributed by atoms with E-state index in [-0.39, 0.29) is 22.7 Å². The Labute approximate surface area is 120 Å². The zero-order chi connectivity index (χ0) is 15.3. The highest BCUT2D eigenvalue weighted by molar-refractivity contribution is 7.89. The van der Waals surface area contributed by atoms with Gasteiger partial charge in [0.1, 0.15) is 9.77 Å². The topological polar surface area (TPSA) is 127 Å². The van der Waals surface area contributed by atoms with Crippen molar-refractivity contribution in [1.29, 1.82) is 0 Å². The van der Waals surface area contributed by atoms with E-state index >= 15 is 0 Å². The van der Waals surface area contributed by atoms with Crippen molar-refractivity contribution in [1.82, 2.24) is 4.72 Å². The van der Waals surface area contributed by atoms with Crippen molar-refractivity contribution < 1.29 is 23.1 Å². The number of nitrogens with two attached hydrogens (primary N) is 1. The number of rotatable bonds is 8. The summed E-state index contributed by atoms with van der Waals surface area (Å²) in [7, 11) is -3.86. The Kier molecular flexibility index (Phi) is 5.66.